The van der Waals surface area contributed by atoms with Crippen LogP contribution < -0.4 is 15.8 Å². The molecular weight excluding hydrogens is 342 g/mol. The minimum atomic E-state index is -3.85. The van der Waals surface area contributed by atoms with Gasteiger partial charge in [0.15, 0.2) is 0 Å². The highest BCUT2D eigenvalue weighted by Crippen LogP contribution is 2.14. The van der Waals surface area contributed by atoms with Gasteiger partial charge in [0.1, 0.15) is 0 Å². The molecule has 2 rings (SSSR count). The third-order valence-electron chi connectivity index (χ3n) is 3.62. The Hall–Kier alpha value is -2.71. The summed E-state index contributed by atoms with van der Waals surface area (Å²) in [5.41, 5.74) is 2.80. The van der Waals surface area contributed by atoms with Crippen molar-refractivity contribution in [2.24, 2.45) is 5.14 Å². The van der Waals surface area contributed by atoms with Gasteiger partial charge in [0, 0.05) is 11.3 Å². The van der Waals surface area contributed by atoms with Gasteiger partial charge in [0.2, 0.25) is 15.9 Å². The monoisotopic (exact) mass is 361 g/mol. The van der Waals surface area contributed by atoms with Crippen molar-refractivity contribution in [3.05, 3.63) is 59.2 Å². The van der Waals surface area contributed by atoms with Crippen molar-refractivity contribution in [2.75, 3.05) is 11.9 Å². The van der Waals surface area contributed by atoms with Crippen molar-refractivity contribution < 1.29 is 18.0 Å². The van der Waals surface area contributed by atoms with Gasteiger partial charge in [0.05, 0.1) is 11.4 Å². The Morgan fingerprint density at radius 1 is 1.04 bits per heavy atom. The highest BCUT2D eigenvalue weighted by molar-refractivity contribution is 7.89. The molecule has 132 valence electrons. The normalized spacial score (nSPS) is 11.0. The van der Waals surface area contributed by atoms with E-state index in [1.165, 1.54) is 24.3 Å². The van der Waals surface area contributed by atoms with Gasteiger partial charge in [-0.2, -0.15) is 0 Å². The number of nitrogens with two attached hydrogens (primary N) is 1. The fourth-order valence-corrected chi connectivity index (χ4v) is 2.66. The summed E-state index contributed by atoms with van der Waals surface area (Å²) >= 11 is 0. The largest absolute Gasteiger partial charge is 0.343 e. The maximum Gasteiger partial charge on any atom is 0.251 e. The van der Waals surface area contributed by atoms with Crippen LogP contribution in [0.15, 0.2) is 47.4 Å². The first kappa shape index (κ1) is 18.6. The van der Waals surface area contributed by atoms with Gasteiger partial charge in [-0.15, -0.1) is 0 Å². The van der Waals surface area contributed by atoms with Crippen molar-refractivity contribution in [3.8, 4) is 0 Å². The average molecular weight is 361 g/mol. The number of anilines is 1. The van der Waals surface area contributed by atoms with Crippen LogP contribution >= 0.6 is 0 Å². The number of benzene rings is 2. The maximum absolute atomic E-state index is 12.1. The average Bonchev–Trinajstić information content (AvgIpc) is 2.54. The number of aryl methyl sites for hydroxylation is 2. The standard InChI is InChI=1S/C17H19N3O4S/c1-11-6-7-13(8-12(11)2)17(22)19-10-16(21)20-14-4-3-5-15(9-14)25(18,23)24/h3-9H,10H2,1-2H3,(H,19,22)(H,20,21)(H2,18,23,24). The molecule has 0 saturated carbocycles. The Balaban J connectivity index is 1.96. The molecule has 0 bridgehead atoms. The predicted octanol–water partition coefficient (Wildman–Crippen LogP) is 1.32. The molecule has 0 fully saturated rings. The first-order valence-electron chi connectivity index (χ1n) is 7.45. The predicted molar refractivity (Wildman–Crippen MR) is 94.7 cm³/mol. The van der Waals surface area contributed by atoms with Crippen molar-refractivity contribution in [2.45, 2.75) is 18.7 Å². The van der Waals surface area contributed by atoms with E-state index in [2.05, 4.69) is 10.6 Å². The third-order valence-corrected chi connectivity index (χ3v) is 4.54. The van der Waals surface area contributed by atoms with Crippen LogP contribution in [0.3, 0.4) is 0 Å². The fraction of sp³-hybridized carbons (Fsp3) is 0.176. The summed E-state index contributed by atoms with van der Waals surface area (Å²) in [5, 5.41) is 10.1. The molecule has 0 aliphatic rings. The van der Waals surface area contributed by atoms with E-state index in [1.807, 2.05) is 19.9 Å². The third kappa shape index (κ3) is 5.13. The number of carbonyl (C=O) groups is 2. The van der Waals surface area contributed by atoms with Crippen molar-refractivity contribution in [1.29, 1.82) is 0 Å². The molecule has 2 aromatic carbocycles. The van der Waals surface area contributed by atoms with Gasteiger partial charge >= 0.3 is 0 Å². The minimum Gasteiger partial charge on any atom is -0.343 e. The van der Waals surface area contributed by atoms with E-state index in [-0.39, 0.29) is 23.0 Å². The summed E-state index contributed by atoms with van der Waals surface area (Å²) in [4.78, 5) is 23.9. The van der Waals surface area contributed by atoms with E-state index in [1.54, 1.807) is 12.1 Å². The highest BCUT2D eigenvalue weighted by Gasteiger charge is 2.11. The molecule has 2 amide bonds. The molecule has 0 aliphatic carbocycles. The summed E-state index contributed by atoms with van der Waals surface area (Å²) < 4.78 is 22.6. The van der Waals surface area contributed by atoms with E-state index < -0.39 is 15.9 Å². The first-order chi connectivity index (χ1) is 11.7. The molecular formula is C17H19N3O4S. The zero-order chi connectivity index (χ0) is 18.6. The van der Waals surface area contributed by atoms with Crippen LogP contribution in [0.5, 0.6) is 0 Å². The lowest BCUT2D eigenvalue weighted by atomic mass is 10.1. The molecule has 7 nitrogen and oxygen atoms in total. The molecule has 2 aromatic rings. The Morgan fingerprint density at radius 3 is 2.40 bits per heavy atom. The summed E-state index contributed by atoms with van der Waals surface area (Å²) in [6, 6.07) is 10.8. The summed E-state index contributed by atoms with van der Waals surface area (Å²) in [5.74, 6) is -0.847. The Morgan fingerprint density at radius 2 is 1.76 bits per heavy atom. The van der Waals surface area contributed by atoms with Gasteiger partial charge in [-0.25, -0.2) is 13.6 Å². The molecule has 0 atom stereocenters. The van der Waals surface area contributed by atoms with Crippen molar-refractivity contribution in [3.63, 3.8) is 0 Å². The lowest BCUT2D eigenvalue weighted by Crippen LogP contribution is -2.32. The Bertz CT molecular complexity index is 923. The SMILES string of the molecule is Cc1ccc(C(=O)NCC(=O)Nc2cccc(S(N)(=O)=O)c2)cc1C. The van der Waals surface area contributed by atoms with Crippen LogP contribution in [0, 0.1) is 13.8 Å². The van der Waals surface area contributed by atoms with Crippen molar-refractivity contribution >= 4 is 27.5 Å². The van der Waals surface area contributed by atoms with E-state index in [0.717, 1.165) is 11.1 Å². The van der Waals surface area contributed by atoms with E-state index >= 15 is 0 Å². The Labute approximate surface area is 146 Å². The first-order valence-corrected chi connectivity index (χ1v) is 8.99. The summed E-state index contributed by atoms with van der Waals surface area (Å²) in [6.45, 7) is 3.60. The van der Waals surface area contributed by atoms with Gasteiger partial charge in [-0.05, 0) is 55.3 Å². The van der Waals surface area contributed by atoms with Crippen LogP contribution in [0.2, 0.25) is 0 Å². The second-order valence-electron chi connectivity index (χ2n) is 5.60. The molecule has 8 heteroatoms. The highest BCUT2D eigenvalue weighted by atomic mass is 32.2. The van der Waals surface area contributed by atoms with E-state index in [4.69, 9.17) is 5.14 Å². The maximum atomic E-state index is 12.1. The van der Waals surface area contributed by atoms with Crippen LogP contribution in [-0.4, -0.2) is 26.8 Å². The minimum absolute atomic E-state index is 0.107. The van der Waals surface area contributed by atoms with Crippen molar-refractivity contribution in [1.82, 2.24) is 5.32 Å². The molecule has 0 unspecified atom stereocenters. The lowest BCUT2D eigenvalue weighted by Gasteiger charge is -2.09. The van der Waals surface area contributed by atoms with Crippen LogP contribution in [0.4, 0.5) is 5.69 Å². The van der Waals surface area contributed by atoms with Gasteiger partial charge < -0.3 is 10.6 Å². The topological polar surface area (TPSA) is 118 Å². The molecule has 0 spiro atoms. The van der Waals surface area contributed by atoms with E-state index in [9.17, 15) is 18.0 Å². The molecule has 0 saturated heterocycles. The van der Waals surface area contributed by atoms with Gasteiger partial charge in [-0.1, -0.05) is 12.1 Å². The zero-order valence-corrected chi connectivity index (χ0v) is 14.7. The number of sulfonamides is 1. The number of amides is 2. The molecule has 4 N–H and O–H groups in total. The number of carbonyl (C=O) groups excluding carboxylic acids is 2. The van der Waals surface area contributed by atoms with Gasteiger partial charge in [0.25, 0.3) is 5.91 Å². The second kappa shape index (κ2) is 7.45. The second-order valence-corrected chi connectivity index (χ2v) is 7.16. The lowest BCUT2D eigenvalue weighted by molar-refractivity contribution is -0.115. The van der Waals surface area contributed by atoms with Crippen LogP contribution in [0.25, 0.3) is 0 Å². The molecule has 0 aliphatic heterocycles. The molecule has 0 radical (unpaired) electrons. The number of nitrogens with one attached hydrogen (secondary N) is 2. The number of hydrogen-bond donors (Lipinski definition) is 3. The number of rotatable bonds is 5. The van der Waals surface area contributed by atoms with E-state index in [0.29, 0.717) is 5.56 Å². The Kier molecular flexibility index (Phi) is 5.55. The van der Waals surface area contributed by atoms with Gasteiger partial charge in [-0.3, -0.25) is 9.59 Å². The molecule has 0 heterocycles. The number of hydrogen-bond acceptors (Lipinski definition) is 4. The smallest absolute Gasteiger partial charge is 0.251 e. The molecule has 0 aromatic heterocycles. The summed E-state index contributed by atoms with van der Waals surface area (Å²) in [6.07, 6.45) is 0. The zero-order valence-electron chi connectivity index (χ0n) is 13.9. The van der Waals surface area contributed by atoms with Crippen LogP contribution in [0.1, 0.15) is 21.5 Å². The van der Waals surface area contributed by atoms with Crippen LogP contribution in [-0.2, 0) is 14.8 Å². The molecule has 25 heavy (non-hydrogen) atoms. The quantitative estimate of drug-likeness (QED) is 0.744. The number of primary sulfonamides is 1. The summed E-state index contributed by atoms with van der Waals surface area (Å²) in [7, 11) is -3.85. The fourth-order valence-electron chi connectivity index (χ4n) is 2.10.